The van der Waals surface area contributed by atoms with Crippen LogP contribution in [0.2, 0.25) is 0 Å². The Labute approximate surface area is 162 Å². The summed E-state index contributed by atoms with van der Waals surface area (Å²) in [5, 5.41) is 3.55. The molecule has 0 spiro atoms. The maximum Gasteiger partial charge on any atom is 0.410 e. The second-order valence-electron chi connectivity index (χ2n) is 8.45. The van der Waals surface area contributed by atoms with Crippen molar-refractivity contribution < 1.29 is 14.3 Å². The topological polar surface area (TPSA) is 54.0 Å². The molecule has 2 heterocycles. The molecule has 6 heteroatoms. The molecule has 1 amide bonds. The molecule has 0 radical (unpaired) electrons. The number of carbonyl (C=O) groups excluding carboxylic acids is 1. The third-order valence-corrected chi connectivity index (χ3v) is 5.47. The molecular weight excluding hydrogens is 342 g/mol. The Morgan fingerprint density at radius 1 is 1.19 bits per heavy atom. The van der Waals surface area contributed by atoms with Crippen LogP contribution in [-0.4, -0.2) is 54.9 Å². The number of hydrogen-bond donors (Lipinski definition) is 1. The van der Waals surface area contributed by atoms with Crippen LogP contribution in [0.4, 0.5) is 16.2 Å². The van der Waals surface area contributed by atoms with E-state index in [1.165, 1.54) is 0 Å². The van der Waals surface area contributed by atoms with Crippen LogP contribution in [0.15, 0.2) is 18.2 Å². The molecule has 2 aliphatic heterocycles. The van der Waals surface area contributed by atoms with Gasteiger partial charge in [0.1, 0.15) is 11.2 Å². The fourth-order valence-corrected chi connectivity index (χ4v) is 3.63. The predicted molar refractivity (Wildman–Crippen MR) is 109 cm³/mol. The maximum absolute atomic E-state index is 12.3. The lowest BCUT2D eigenvalue weighted by molar-refractivity contribution is 0.0240. The van der Waals surface area contributed by atoms with Crippen LogP contribution in [0.25, 0.3) is 0 Å². The summed E-state index contributed by atoms with van der Waals surface area (Å²) in [6, 6.07) is 6.26. The van der Waals surface area contributed by atoms with Crippen LogP contribution in [0.1, 0.15) is 47.5 Å². The van der Waals surface area contributed by atoms with E-state index in [2.05, 4.69) is 42.3 Å². The third kappa shape index (κ3) is 4.25. The van der Waals surface area contributed by atoms with Crippen LogP contribution in [-0.2, 0) is 4.74 Å². The first-order valence-corrected chi connectivity index (χ1v) is 10.1. The number of nitrogens with zero attached hydrogens (tertiary/aromatic N) is 2. The number of anilines is 2. The standard InChI is InChI=1S/C21H33N3O3/c1-6-21(7-2)15-22-16-9-8-10-17(18(16)26-21)23-11-13-24(14-12-23)19(25)27-20(3,4)5/h8-10,22H,6-7,11-15H2,1-5H3. The summed E-state index contributed by atoms with van der Waals surface area (Å²) in [6.07, 6.45) is 1.71. The smallest absolute Gasteiger partial charge is 0.410 e. The third-order valence-electron chi connectivity index (χ3n) is 5.47. The van der Waals surface area contributed by atoms with E-state index in [1.54, 1.807) is 4.90 Å². The van der Waals surface area contributed by atoms with Crippen molar-refractivity contribution in [1.82, 2.24) is 4.90 Å². The SMILES string of the molecule is CCC1(CC)CNc2cccc(N3CCN(C(=O)OC(C)(C)C)CC3)c2O1. The average molecular weight is 376 g/mol. The lowest BCUT2D eigenvalue weighted by Crippen LogP contribution is -2.50. The molecule has 27 heavy (non-hydrogen) atoms. The van der Waals surface area contributed by atoms with Crippen LogP contribution in [0.5, 0.6) is 5.75 Å². The first kappa shape index (κ1) is 19.6. The number of amides is 1. The zero-order valence-corrected chi connectivity index (χ0v) is 17.3. The number of benzene rings is 1. The number of ether oxygens (including phenoxy) is 2. The molecule has 0 aromatic heterocycles. The van der Waals surface area contributed by atoms with E-state index in [1.807, 2.05) is 20.8 Å². The average Bonchev–Trinajstić information content (AvgIpc) is 2.66. The van der Waals surface area contributed by atoms with E-state index >= 15 is 0 Å². The van der Waals surface area contributed by atoms with Gasteiger partial charge in [0.2, 0.25) is 0 Å². The first-order valence-electron chi connectivity index (χ1n) is 10.1. The Balaban J connectivity index is 1.72. The highest BCUT2D eigenvalue weighted by Crippen LogP contribution is 2.43. The molecule has 1 fully saturated rings. The Morgan fingerprint density at radius 3 is 2.44 bits per heavy atom. The molecule has 1 aromatic rings. The van der Waals surface area contributed by atoms with E-state index in [0.29, 0.717) is 13.1 Å². The second-order valence-corrected chi connectivity index (χ2v) is 8.45. The predicted octanol–water partition coefficient (Wildman–Crippen LogP) is 4.11. The van der Waals surface area contributed by atoms with E-state index in [9.17, 15) is 4.79 Å². The van der Waals surface area contributed by atoms with Gasteiger partial charge in [0.15, 0.2) is 5.75 Å². The number of rotatable bonds is 3. The van der Waals surface area contributed by atoms with Crippen LogP contribution in [0.3, 0.4) is 0 Å². The van der Waals surface area contributed by atoms with Gasteiger partial charge in [0, 0.05) is 26.2 Å². The number of piperazine rings is 1. The van der Waals surface area contributed by atoms with Crippen molar-refractivity contribution in [2.45, 2.75) is 58.7 Å². The Kier molecular flexibility index (Phi) is 5.45. The van der Waals surface area contributed by atoms with Gasteiger partial charge in [-0.1, -0.05) is 19.9 Å². The van der Waals surface area contributed by atoms with Gasteiger partial charge in [-0.25, -0.2) is 4.79 Å². The molecule has 3 rings (SSSR count). The van der Waals surface area contributed by atoms with E-state index < -0.39 is 5.60 Å². The van der Waals surface area contributed by atoms with Crippen molar-refractivity contribution in [3.8, 4) is 5.75 Å². The second kappa shape index (κ2) is 7.49. The van der Waals surface area contributed by atoms with E-state index in [0.717, 1.165) is 49.6 Å². The molecule has 0 atom stereocenters. The van der Waals surface area contributed by atoms with Crippen molar-refractivity contribution in [2.24, 2.45) is 0 Å². The minimum absolute atomic E-state index is 0.151. The number of nitrogens with one attached hydrogen (secondary N) is 1. The lowest BCUT2D eigenvalue weighted by Gasteiger charge is -2.42. The van der Waals surface area contributed by atoms with Crippen molar-refractivity contribution >= 4 is 17.5 Å². The van der Waals surface area contributed by atoms with Gasteiger partial charge in [0.05, 0.1) is 17.9 Å². The summed E-state index contributed by atoms with van der Waals surface area (Å²) < 4.78 is 12.0. The number of fused-ring (bicyclic) bond motifs is 1. The lowest BCUT2D eigenvalue weighted by atomic mass is 9.95. The highest BCUT2D eigenvalue weighted by molar-refractivity contribution is 5.74. The van der Waals surface area contributed by atoms with Gasteiger partial charge < -0.3 is 24.6 Å². The van der Waals surface area contributed by atoms with Gasteiger partial charge in [0.25, 0.3) is 0 Å². The van der Waals surface area contributed by atoms with Gasteiger partial charge in [-0.15, -0.1) is 0 Å². The van der Waals surface area contributed by atoms with Crippen molar-refractivity contribution in [3.05, 3.63) is 18.2 Å². The summed E-state index contributed by atoms with van der Waals surface area (Å²) in [5.74, 6) is 0.943. The van der Waals surface area contributed by atoms with Gasteiger partial charge in [-0.05, 0) is 45.7 Å². The molecule has 6 nitrogen and oxygen atoms in total. The van der Waals surface area contributed by atoms with Crippen LogP contribution < -0.4 is 15.0 Å². The Bertz CT molecular complexity index is 672. The van der Waals surface area contributed by atoms with E-state index in [4.69, 9.17) is 9.47 Å². The molecule has 0 aliphatic carbocycles. The normalized spacial score (nSPS) is 19.0. The summed E-state index contributed by atoms with van der Waals surface area (Å²) in [5.41, 5.74) is 1.55. The molecule has 0 bridgehead atoms. The number of para-hydroxylation sites is 1. The quantitative estimate of drug-likeness (QED) is 0.862. The highest BCUT2D eigenvalue weighted by Gasteiger charge is 2.35. The minimum Gasteiger partial charge on any atom is -0.481 e. The minimum atomic E-state index is -0.462. The number of hydrogen-bond acceptors (Lipinski definition) is 5. The zero-order valence-electron chi connectivity index (χ0n) is 17.3. The molecule has 2 aliphatic rings. The molecule has 1 N–H and O–H groups in total. The van der Waals surface area contributed by atoms with Crippen LogP contribution in [0, 0.1) is 0 Å². The maximum atomic E-state index is 12.3. The monoisotopic (exact) mass is 375 g/mol. The van der Waals surface area contributed by atoms with Gasteiger partial charge >= 0.3 is 6.09 Å². The molecule has 1 saturated heterocycles. The largest absolute Gasteiger partial charge is 0.481 e. The van der Waals surface area contributed by atoms with Gasteiger partial charge in [-0.3, -0.25) is 0 Å². The van der Waals surface area contributed by atoms with E-state index in [-0.39, 0.29) is 11.7 Å². The first-order chi connectivity index (χ1) is 12.8. The summed E-state index contributed by atoms with van der Waals surface area (Å²) >= 11 is 0. The summed E-state index contributed by atoms with van der Waals surface area (Å²) in [6.45, 7) is 13.7. The highest BCUT2D eigenvalue weighted by atomic mass is 16.6. The fourth-order valence-electron chi connectivity index (χ4n) is 3.63. The summed E-state index contributed by atoms with van der Waals surface area (Å²) in [7, 11) is 0. The fraction of sp³-hybridized carbons (Fsp3) is 0.667. The Morgan fingerprint density at radius 2 is 1.85 bits per heavy atom. The van der Waals surface area contributed by atoms with Crippen molar-refractivity contribution in [1.29, 1.82) is 0 Å². The molecule has 0 saturated carbocycles. The molecule has 1 aromatic carbocycles. The molecule has 150 valence electrons. The van der Waals surface area contributed by atoms with Crippen molar-refractivity contribution in [3.63, 3.8) is 0 Å². The summed E-state index contributed by atoms with van der Waals surface area (Å²) in [4.78, 5) is 16.4. The van der Waals surface area contributed by atoms with Gasteiger partial charge in [-0.2, -0.15) is 0 Å². The zero-order chi connectivity index (χ0) is 19.7. The van der Waals surface area contributed by atoms with Crippen molar-refractivity contribution in [2.75, 3.05) is 42.9 Å². The van der Waals surface area contributed by atoms with Crippen LogP contribution >= 0.6 is 0 Å². The Hall–Kier alpha value is -2.11. The molecule has 0 unspecified atom stereocenters. The molecular formula is C21H33N3O3. The number of carbonyl (C=O) groups is 1.